The minimum Gasteiger partial charge on any atom is -0.481 e. The summed E-state index contributed by atoms with van der Waals surface area (Å²) in [5, 5.41) is 11.9. The predicted molar refractivity (Wildman–Crippen MR) is 67.5 cm³/mol. The minimum absolute atomic E-state index is 0.0376. The van der Waals surface area contributed by atoms with Crippen LogP contribution in [0.15, 0.2) is 18.2 Å². The van der Waals surface area contributed by atoms with Gasteiger partial charge in [-0.05, 0) is 31.0 Å². The Hall–Kier alpha value is -1.88. The van der Waals surface area contributed by atoms with Gasteiger partial charge in [-0.15, -0.1) is 0 Å². The number of carboxylic acid groups (broad SMARTS) is 1. The molecule has 1 aromatic carbocycles. The van der Waals surface area contributed by atoms with Gasteiger partial charge in [-0.3, -0.25) is 9.59 Å². The van der Waals surface area contributed by atoms with E-state index in [1.165, 1.54) is 0 Å². The van der Waals surface area contributed by atoms with E-state index in [0.717, 1.165) is 11.3 Å². The maximum Gasteiger partial charge on any atom is 0.312 e. The summed E-state index contributed by atoms with van der Waals surface area (Å²) in [6.45, 7) is 3.67. The molecule has 5 heteroatoms. The molecule has 0 aliphatic carbocycles. The van der Waals surface area contributed by atoms with Gasteiger partial charge in [-0.1, -0.05) is 12.1 Å². The number of aliphatic carboxylic acids is 1. The summed E-state index contributed by atoms with van der Waals surface area (Å²) in [7, 11) is 0. The zero-order valence-electron chi connectivity index (χ0n) is 10.4. The van der Waals surface area contributed by atoms with Crippen LogP contribution in [-0.4, -0.2) is 23.5 Å². The van der Waals surface area contributed by atoms with Crippen molar-refractivity contribution in [3.63, 3.8) is 0 Å². The summed E-state index contributed by atoms with van der Waals surface area (Å²) in [5.74, 6) is -1.76. The lowest BCUT2D eigenvalue weighted by atomic mass is 9.84. The third kappa shape index (κ3) is 1.76. The molecule has 1 aliphatic heterocycles. The molecule has 1 atom stereocenters. The van der Waals surface area contributed by atoms with Crippen molar-refractivity contribution < 1.29 is 14.7 Å². The average molecular weight is 248 g/mol. The highest BCUT2D eigenvalue weighted by atomic mass is 16.4. The topological polar surface area (TPSA) is 92.4 Å². The first-order chi connectivity index (χ1) is 8.37. The number of nitrogens with two attached hydrogens (primary N) is 1. The van der Waals surface area contributed by atoms with Crippen molar-refractivity contribution in [2.24, 2.45) is 5.73 Å². The molecule has 0 fully saturated rings. The third-order valence-corrected chi connectivity index (χ3v) is 3.47. The van der Waals surface area contributed by atoms with E-state index in [4.69, 9.17) is 10.8 Å². The van der Waals surface area contributed by atoms with Crippen molar-refractivity contribution in [2.75, 3.05) is 11.9 Å². The zero-order chi connectivity index (χ0) is 13.5. The molecule has 2 rings (SSSR count). The first-order valence-corrected chi connectivity index (χ1v) is 5.76. The van der Waals surface area contributed by atoms with Gasteiger partial charge in [-0.2, -0.15) is 0 Å². The number of benzene rings is 1. The Labute approximate surface area is 105 Å². The van der Waals surface area contributed by atoms with Gasteiger partial charge in [0.15, 0.2) is 0 Å². The molecule has 0 saturated heterocycles. The lowest BCUT2D eigenvalue weighted by Crippen LogP contribution is -2.27. The number of anilines is 1. The molecule has 18 heavy (non-hydrogen) atoms. The minimum atomic E-state index is -0.951. The standard InChI is InChI=1S/C13H16N2O3/c1-13(2)9-5-7(8(6-14)11(16)17)3-4-10(9)15-12(13)18/h3-5,8H,6,14H2,1-2H3,(H,15,18)(H,16,17). The van der Waals surface area contributed by atoms with E-state index in [9.17, 15) is 9.59 Å². The number of rotatable bonds is 3. The predicted octanol–water partition coefficient (Wildman–Crippen LogP) is 1.04. The summed E-state index contributed by atoms with van der Waals surface area (Å²) in [6.07, 6.45) is 0. The third-order valence-electron chi connectivity index (χ3n) is 3.47. The second kappa shape index (κ2) is 4.10. The maximum atomic E-state index is 11.8. The fourth-order valence-corrected chi connectivity index (χ4v) is 2.19. The lowest BCUT2D eigenvalue weighted by molar-refractivity contribution is -0.138. The molecular formula is C13H16N2O3. The molecule has 5 nitrogen and oxygen atoms in total. The SMILES string of the molecule is CC1(C)C(=O)Nc2ccc(C(CN)C(=O)O)cc21. The van der Waals surface area contributed by atoms with E-state index in [-0.39, 0.29) is 12.5 Å². The van der Waals surface area contributed by atoms with E-state index < -0.39 is 17.3 Å². The summed E-state index contributed by atoms with van der Waals surface area (Å²) in [4.78, 5) is 22.9. The molecule has 1 amide bonds. The van der Waals surface area contributed by atoms with E-state index >= 15 is 0 Å². The molecule has 0 radical (unpaired) electrons. The largest absolute Gasteiger partial charge is 0.481 e. The summed E-state index contributed by atoms with van der Waals surface area (Å²) in [6, 6.07) is 5.20. The van der Waals surface area contributed by atoms with Crippen molar-refractivity contribution in [3.05, 3.63) is 29.3 Å². The molecular weight excluding hydrogens is 232 g/mol. The number of amides is 1. The van der Waals surface area contributed by atoms with Gasteiger partial charge in [0.1, 0.15) is 0 Å². The molecule has 0 bridgehead atoms. The van der Waals surface area contributed by atoms with Crippen LogP contribution in [0.25, 0.3) is 0 Å². The fraction of sp³-hybridized carbons (Fsp3) is 0.385. The van der Waals surface area contributed by atoms with Crippen LogP contribution >= 0.6 is 0 Å². The summed E-state index contributed by atoms with van der Waals surface area (Å²) >= 11 is 0. The number of hydrogen-bond donors (Lipinski definition) is 3. The lowest BCUT2D eigenvalue weighted by Gasteiger charge is -2.17. The van der Waals surface area contributed by atoms with Crippen molar-refractivity contribution in [2.45, 2.75) is 25.2 Å². The first kappa shape index (κ1) is 12.6. The van der Waals surface area contributed by atoms with Crippen LogP contribution in [0.2, 0.25) is 0 Å². The fourth-order valence-electron chi connectivity index (χ4n) is 2.19. The number of hydrogen-bond acceptors (Lipinski definition) is 3. The molecule has 4 N–H and O–H groups in total. The van der Waals surface area contributed by atoms with Gasteiger partial charge in [0.2, 0.25) is 5.91 Å². The number of carboxylic acids is 1. The smallest absolute Gasteiger partial charge is 0.312 e. The van der Waals surface area contributed by atoms with Crippen LogP contribution in [0, 0.1) is 0 Å². The van der Waals surface area contributed by atoms with Crippen LogP contribution < -0.4 is 11.1 Å². The van der Waals surface area contributed by atoms with E-state index in [1.54, 1.807) is 18.2 Å². The van der Waals surface area contributed by atoms with Gasteiger partial charge < -0.3 is 16.2 Å². The van der Waals surface area contributed by atoms with Crippen LogP contribution in [0.3, 0.4) is 0 Å². The summed E-state index contributed by atoms with van der Waals surface area (Å²) < 4.78 is 0. The number of carbonyl (C=O) groups excluding carboxylic acids is 1. The zero-order valence-corrected chi connectivity index (χ0v) is 10.4. The van der Waals surface area contributed by atoms with Crippen molar-refractivity contribution >= 4 is 17.6 Å². The van der Waals surface area contributed by atoms with Crippen molar-refractivity contribution in [1.29, 1.82) is 0 Å². The Morgan fingerprint density at radius 1 is 1.50 bits per heavy atom. The quantitative estimate of drug-likeness (QED) is 0.745. The highest BCUT2D eigenvalue weighted by molar-refractivity contribution is 6.05. The van der Waals surface area contributed by atoms with Gasteiger partial charge in [0.25, 0.3) is 0 Å². The Kier molecular flexibility index (Phi) is 2.86. The Balaban J connectivity index is 2.49. The van der Waals surface area contributed by atoms with Crippen molar-refractivity contribution in [1.82, 2.24) is 0 Å². The van der Waals surface area contributed by atoms with Gasteiger partial charge in [0, 0.05) is 12.2 Å². The second-order valence-corrected chi connectivity index (χ2v) is 5.01. The molecule has 1 unspecified atom stereocenters. The average Bonchev–Trinajstić information content (AvgIpc) is 2.51. The number of nitrogens with one attached hydrogen (secondary N) is 1. The molecule has 0 spiro atoms. The highest BCUT2D eigenvalue weighted by Gasteiger charge is 2.38. The maximum absolute atomic E-state index is 11.8. The normalized spacial score (nSPS) is 18.1. The molecule has 1 heterocycles. The Morgan fingerprint density at radius 2 is 2.17 bits per heavy atom. The monoisotopic (exact) mass is 248 g/mol. The van der Waals surface area contributed by atoms with Crippen molar-refractivity contribution in [3.8, 4) is 0 Å². The molecule has 1 aliphatic rings. The van der Waals surface area contributed by atoms with Crippen LogP contribution in [0.5, 0.6) is 0 Å². The van der Waals surface area contributed by atoms with E-state index in [1.807, 2.05) is 13.8 Å². The Morgan fingerprint density at radius 3 is 2.72 bits per heavy atom. The first-order valence-electron chi connectivity index (χ1n) is 5.76. The molecule has 1 aromatic rings. The summed E-state index contributed by atoms with van der Waals surface area (Å²) in [5.41, 5.74) is 7.05. The van der Waals surface area contributed by atoms with Gasteiger partial charge >= 0.3 is 5.97 Å². The van der Waals surface area contributed by atoms with Crippen LogP contribution in [0.4, 0.5) is 5.69 Å². The van der Waals surface area contributed by atoms with E-state index in [2.05, 4.69) is 5.32 Å². The van der Waals surface area contributed by atoms with Gasteiger partial charge in [0.05, 0.1) is 11.3 Å². The molecule has 96 valence electrons. The van der Waals surface area contributed by atoms with Gasteiger partial charge in [-0.25, -0.2) is 0 Å². The highest BCUT2D eigenvalue weighted by Crippen LogP contribution is 2.38. The molecule has 0 aromatic heterocycles. The van der Waals surface area contributed by atoms with Crippen LogP contribution in [0.1, 0.15) is 30.9 Å². The Bertz CT molecular complexity index is 523. The second-order valence-electron chi connectivity index (χ2n) is 5.01. The van der Waals surface area contributed by atoms with E-state index in [0.29, 0.717) is 5.56 Å². The number of fused-ring (bicyclic) bond motifs is 1. The van der Waals surface area contributed by atoms with Crippen LogP contribution in [-0.2, 0) is 15.0 Å². The number of carbonyl (C=O) groups is 2. The molecule has 0 saturated carbocycles.